The monoisotopic (exact) mass is 313 g/mol. The second-order valence-electron chi connectivity index (χ2n) is 4.92. The van der Waals surface area contributed by atoms with E-state index >= 15 is 0 Å². The minimum atomic E-state index is 0.527. The zero-order chi connectivity index (χ0) is 13.4. The highest BCUT2D eigenvalue weighted by Gasteiger charge is 2.10. The van der Waals surface area contributed by atoms with Crippen LogP contribution < -0.4 is 5.32 Å². The van der Waals surface area contributed by atoms with Gasteiger partial charge in [0.15, 0.2) is 0 Å². The lowest BCUT2D eigenvalue weighted by atomic mass is 10.00. The number of halogens is 1. The molecule has 0 amide bonds. The van der Waals surface area contributed by atoms with Gasteiger partial charge in [-0.05, 0) is 37.0 Å². The van der Waals surface area contributed by atoms with Crippen molar-refractivity contribution in [1.29, 1.82) is 0 Å². The largest absolute Gasteiger partial charge is 0.381 e. The smallest absolute Gasteiger partial charge is 0.0509 e. The van der Waals surface area contributed by atoms with E-state index in [4.69, 9.17) is 4.74 Å². The predicted molar refractivity (Wildman–Crippen MR) is 81.0 cm³/mol. The molecule has 1 aromatic carbocycles. The fourth-order valence-corrected chi connectivity index (χ4v) is 2.10. The fraction of sp³-hybridized carbons (Fsp3) is 0.600. The van der Waals surface area contributed by atoms with E-state index in [1.807, 2.05) is 6.92 Å². The van der Waals surface area contributed by atoms with E-state index in [2.05, 4.69) is 59.4 Å². The van der Waals surface area contributed by atoms with Crippen LogP contribution in [0.25, 0.3) is 0 Å². The topological polar surface area (TPSA) is 21.3 Å². The summed E-state index contributed by atoms with van der Waals surface area (Å²) >= 11 is 3.47. The highest BCUT2D eigenvalue weighted by molar-refractivity contribution is 9.10. The van der Waals surface area contributed by atoms with Crippen LogP contribution in [0.15, 0.2) is 28.7 Å². The number of ether oxygens (including phenoxy) is 1. The fourth-order valence-electron chi connectivity index (χ4n) is 1.83. The molecule has 0 fully saturated rings. The van der Waals surface area contributed by atoms with Crippen molar-refractivity contribution in [3.63, 3.8) is 0 Å². The first-order chi connectivity index (χ1) is 8.61. The van der Waals surface area contributed by atoms with Crippen LogP contribution >= 0.6 is 15.9 Å². The first-order valence-corrected chi connectivity index (χ1v) is 7.46. The second-order valence-corrected chi connectivity index (χ2v) is 5.83. The highest BCUT2D eigenvalue weighted by Crippen LogP contribution is 2.14. The third kappa shape index (κ3) is 6.53. The normalized spacial score (nSPS) is 12.9. The van der Waals surface area contributed by atoms with Gasteiger partial charge in [-0.15, -0.1) is 0 Å². The Morgan fingerprint density at radius 3 is 2.44 bits per heavy atom. The van der Waals surface area contributed by atoms with Crippen LogP contribution in [0.2, 0.25) is 0 Å². The molecule has 2 nitrogen and oxygen atoms in total. The van der Waals surface area contributed by atoms with Gasteiger partial charge in [-0.3, -0.25) is 0 Å². The zero-order valence-corrected chi connectivity index (χ0v) is 13.2. The molecule has 1 N–H and O–H groups in total. The Kier molecular flexibility index (Phi) is 7.56. The Labute approximate surface area is 119 Å². The standard InChI is InChI=1S/C15H24BrNO/c1-4-18-11-14(10-17-12(2)3)9-13-5-7-15(16)8-6-13/h5-8,12,14,17H,4,9-11H2,1-3H3. The minimum Gasteiger partial charge on any atom is -0.381 e. The predicted octanol–water partition coefficient (Wildman–Crippen LogP) is 3.64. The summed E-state index contributed by atoms with van der Waals surface area (Å²) in [4.78, 5) is 0. The van der Waals surface area contributed by atoms with E-state index in [-0.39, 0.29) is 0 Å². The maximum Gasteiger partial charge on any atom is 0.0509 e. The SMILES string of the molecule is CCOCC(CNC(C)C)Cc1ccc(Br)cc1. The number of nitrogens with one attached hydrogen (secondary N) is 1. The van der Waals surface area contributed by atoms with Gasteiger partial charge >= 0.3 is 0 Å². The number of benzene rings is 1. The van der Waals surface area contributed by atoms with Crippen molar-refractivity contribution in [2.24, 2.45) is 5.92 Å². The Balaban J connectivity index is 2.50. The molecule has 0 saturated carbocycles. The molecule has 1 aromatic rings. The molecule has 0 aliphatic heterocycles. The van der Waals surface area contributed by atoms with Crippen LogP contribution in [-0.2, 0) is 11.2 Å². The van der Waals surface area contributed by atoms with Crippen LogP contribution in [0.1, 0.15) is 26.3 Å². The Morgan fingerprint density at radius 2 is 1.89 bits per heavy atom. The first kappa shape index (κ1) is 15.7. The van der Waals surface area contributed by atoms with E-state index in [1.54, 1.807) is 0 Å². The van der Waals surface area contributed by atoms with Crippen LogP contribution in [0.3, 0.4) is 0 Å². The van der Waals surface area contributed by atoms with Crippen LogP contribution in [-0.4, -0.2) is 25.8 Å². The van der Waals surface area contributed by atoms with E-state index < -0.39 is 0 Å². The molecule has 0 spiro atoms. The Bertz CT molecular complexity index is 324. The summed E-state index contributed by atoms with van der Waals surface area (Å²) < 4.78 is 6.71. The maximum atomic E-state index is 5.57. The molecule has 0 heterocycles. The Hall–Kier alpha value is -0.380. The van der Waals surface area contributed by atoms with Crippen molar-refractivity contribution in [3.05, 3.63) is 34.3 Å². The molecule has 0 saturated heterocycles. The van der Waals surface area contributed by atoms with E-state index in [1.165, 1.54) is 5.56 Å². The van der Waals surface area contributed by atoms with Gasteiger partial charge < -0.3 is 10.1 Å². The summed E-state index contributed by atoms with van der Waals surface area (Å²) in [5.41, 5.74) is 1.37. The lowest BCUT2D eigenvalue weighted by Crippen LogP contribution is -2.32. The van der Waals surface area contributed by atoms with Crippen molar-refractivity contribution in [3.8, 4) is 0 Å². The molecule has 1 unspecified atom stereocenters. The van der Waals surface area contributed by atoms with Gasteiger partial charge in [0.25, 0.3) is 0 Å². The van der Waals surface area contributed by atoms with Crippen LogP contribution in [0, 0.1) is 5.92 Å². The van der Waals surface area contributed by atoms with Gasteiger partial charge in [-0.25, -0.2) is 0 Å². The molecular formula is C15H24BrNO. The van der Waals surface area contributed by atoms with Gasteiger partial charge in [0, 0.05) is 23.7 Å². The molecule has 18 heavy (non-hydrogen) atoms. The summed E-state index contributed by atoms with van der Waals surface area (Å²) in [5.74, 6) is 0.536. The summed E-state index contributed by atoms with van der Waals surface area (Å²) in [6.45, 7) is 9.03. The van der Waals surface area contributed by atoms with Crippen LogP contribution in [0.4, 0.5) is 0 Å². The molecule has 1 atom stereocenters. The van der Waals surface area contributed by atoms with Gasteiger partial charge in [-0.2, -0.15) is 0 Å². The van der Waals surface area contributed by atoms with Crippen LogP contribution in [0.5, 0.6) is 0 Å². The summed E-state index contributed by atoms with van der Waals surface area (Å²) in [6, 6.07) is 9.09. The van der Waals surface area contributed by atoms with Gasteiger partial charge in [0.1, 0.15) is 0 Å². The quantitative estimate of drug-likeness (QED) is 0.791. The second kappa shape index (κ2) is 8.68. The lowest BCUT2D eigenvalue weighted by Gasteiger charge is -2.19. The van der Waals surface area contributed by atoms with Gasteiger partial charge in [0.05, 0.1) is 6.61 Å². The highest BCUT2D eigenvalue weighted by atomic mass is 79.9. The molecule has 0 aromatic heterocycles. The maximum absolute atomic E-state index is 5.57. The van der Waals surface area contributed by atoms with Gasteiger partial charge in [-0.1, -0.05) is 41.9 Å². The van der Waals surface area contributed by atoms with Crippen molar-refractivity contribution in [1.82, 2.24) is 5.32 Å². The minimum absolute atomic E-state index is 0.527. The molecule has 0 aliphatic carbocycles. The first-order valence-electron chi connectivity index (χ1n) is 6.67. The molecule has 3 heteroatoms. The molecular weight excluding hydrogens is 290 g/mol. The third-order valence-corrected chi connectivity index (χ3v) is 3.34. The average molecular weight is 314 g/mol. The average Bonchev–Trinajstić information content (AvgIpc) is 2.35. The number of hydrogen-bond donors (Lipinski definition) is 1. The van der Waals surface area contributed by atoms with Gasteiger partial charge in [0.2, 0.25) is 0 Å². The van der Waals surface area contributed by atoms with E-state index in [0.717, 1.165) is 30.7 Å². The lowest BCUT2D eigenvalue weighted by molar-refractivity contribution is 0.109. The number of hydrogen-bond acceptors (Lipinski definition) is 2. The molecule has 0 radical (unpaired) electrons. The molecule has 102 valence electrons. The summed E-state index contributed by atoms with van der Waals surface area (Å²) in [5, 5.41) is 3.50. The van der Waals surface area contributed by atoms with Crippen molar-refractivity contribution in [2.75, 3.05) is 19.8 Å². The summed E-state index contributed by atoms with van der Waals surface area (Å²) in [6.07, 6.45) is 1.06. The molecule has 0 aliphatic rings. The molecule has 1 rings (SSSR count). The van der Waals surface area contributed by atoms with E-state index in [9.17, 15) is 0 Å². The summed E-state index contributed by atoms with van der Waals surface area (Å²) in [7, 11) is 0. The van der Waals surface area contributed by atoms with Crippen molar-refractivity contribution < 1.29 is 4.74 Å². The number of rotatable bonds is 8. The molecule has 0 bridgehead atoms. The Morgan fingerprint density at radius 1 is 1.22 bits per heavy atom. The third-order valence-electron chi connectivity index (χ3n) is 2.81. The van der Waals surface area contributed by atoms with E-state index in [0.29, 0.717) is 12.0 Å². The van der Waals surface area contributed by atoms with Crippen molar-refractivity contribution in [2.45, 2.75) is 33.2 Å². The zero-order valence-electron chi connectivity index (χ0n) is 11.6. The van der Waals surface area contributed by atoms with Crippen molar-refractivity contribution >= 4 is 15.9 Å².